The van der Waals surface area contributed by atoms with E-state index < -0.39 is 17.6 Å². The minimum absolute atomic E-state index is 0.0292. The molecule has 7 heteroatoms. The van der Waals surface area contributed by atoms with Crippen molar-refractivity contribution in [1.29, 1.82) is 0 Å². The van der Waals surface area contributed by atoms with E-state index in [9.17, 15) is 18.0 Å². The molecule has 0 bridgehead atoms. The van der Waals surface area contributed by atoms with E-state index in [-0.39, 0.29) is 17.4 Å². The lowest BCUT2D eigenvalue weighted by Gasteiger charge is -2.14. The van der Waals surface area contributed by atoms with Gasteiger partial charge in [-0.15, -0.1) is 0 Å². The Balaban J connectivity index is 3.24. The Bertz CT molecular complexity index is 444. The maximum absolute atomic E-state index is 12.6. The monoisotopic (exact) mass is 262 g/mol. The third kappa shape index (κ3) is 3.63. The van der Waals surface area contributed by atoms with E-state index in [0.717, 1.165) is 12.1 Å². The summed E-state index contributed by atoms with van der Waals surface area (Å²) < 4.78 is 43.1. The van der Waals surface area contributed by atoms with Gasteiger partial charge in [0.05, 0.1) is 11.7 Å². The molecule has 1 aromatic carbocycles. The van der Waals surface area contributed by atoms with Gasteiger partial charge < -0.3 is 4.74 Å². The van der Waals surface area contributed by atoms with Crippen LogP contribution in [0.5, 0.6) is 5.75 Å². The number of alkyl halides is 3. The molecule has 0 spiro atoms. The van der Waals surface area contributed by atoms with Gasteiger partial charge >= 0.3 is 6.18 Å². The molecule has 0 heterocycles. The fourth-order valence-corrected chi connectivity index (χ4v) is 1.32. The molecule has 0 saturated carbocycles. The van der Waals surface area contributed by atoms with Gasteiger partial charge in [-0.1, -0.05) is 0 Å². The summed E-state index contributed by atoms with van der Waals surface area (Å²) in [6, 6.07) is 2.76. The van der Waals surface area contributed by atoms with Crippen molar-refractivity contribution < 1.29 is 22.7 Å². The zero-order valence-corrected chi connectivity index (χ0v) is 9.84. The molecule has 0 aliphatic carbocycles. The number of hydrogen-bond acceptors (Lipinski definition) is 3. The first-order chi connectivity index (χ1) is 8.24. The molecule has 3 N–H and O–H groups in total. The molecule has 1 amide bonds. The van der Waals surface area contributed by atoms with Crippen molar-refractivity contribution in [2.24, 2.45) is 5.84 Å². The van der Waals surface area contributed by atoms with Gasteiger partial charge in [0.2, 0.25) is 0 Å². The first kappa shape index (κ1) is 14.3. The number of nitrogen functional groups attached to an aromatic ring is 1. The molecule has 0 aromatic heterocycles. The minimum Gasteiger partial charge on any atom is -0.491 e. The molecular weight excluding hydrogens is 249 g/mol. The summed E-state index contributed by atoms with van der Waals surface area (Å²) >= 11 is 0. The summed E-state index contributed by atoms with van der Waals surface area (Å²) in [5, 5.41) is 0. The van der Waals surface area contributed by atoms with Gasteiger partial charge in [0, 0.05) is 5.56 Å². The van der Waals surface area contributed by atoms with Crippen molar-refractivity contribution in [2.75, 3.05) is 0 Å². The number of ether oxygens (including phenoxy) is 1. The maximum Gasteiger partial charge on any atom is 0.416 e. The van der Waals surface area contributed by atoms with E-state index in [1.165, 1.54) is 6.07 Å². The number of hydrazine groups is 1. The van der Waals surface area contributed by atoms with Crippen LogP contribution in [-0.2, 0) is 6.18 Å². The van der Waals surface area contributed by atoms with E-state index in [4.69, 9.17) is 10.6 Å². The topological polar surface area (TPSA) is 64.3 Å². The van der Waals surface area contributed by atoms with E-state index >= 15 is 0 Å². The highest BCUT2D eigenvalue weighted by Crippen LogP contribution is 2.32. The summed E-state index contributed by atoms with van der Waals surface area (Å²) in [7, 11) is 0. The number of halogens is 3. The largest absolute Gasteiger partial charge is 0.491 e. The summed E-state index contributed by atoms with van der Waals surface area (Å²) in [5.74, 6) is 4.05. The highest BCUT2D eigenvalue weighted by molar-refractivity contribution is 5.94. The normalized spacial score (nSPS) is 11.5. The van der Waals surface area contributed by atoms with Crippen LogP contribution in [0.4, 0.5) is 13.2 Å². The lowest BCUT2D eigenvalue weighted by molar-refractivity contribution is -0.137. The molecule has 100 valence electrons. The maximum atomic E-state index is 12.6. The Morgan fingerprint density at radius 3 is 2.39 bits per heavy atom. The van der Waals surface area contributed by atoms with E-state index in [1.807, 2.05) is 0 Å². The van der Waals surface area contributed by atoms with Crippen LogP contribution in [0.25, 0.3) is 0 Å². The van der Waals surface area contributed by atoms with Crippen molar-refractivity contribution in [1.82, 2.24) is 5.43 Å². The molecule has 1 rings (SSSR count). The van der Waals surface area contributed by atoms with Gasteiger partial charge in [0.25, 0.3) is 5.91 Å². The number of hydrogen-bond donors (Lipinski definition) is 2. The molecule has 0 unspecified atom stereocenters. The summed E-state index contributed by atoms with van der Waals surface area (Å²) in [5.41, 5.74) is 0.614. The fraction of sp³-hybridized carbons (Fsp3) is 0.364. The van der Waals surface area contributed by atoms with Gasteiger partial charge in [0.15, 0.2) is 0 Å². The van der Waals surface area contributed by atoms with Crippen LogP contribution in [-0.4, -0.2) is 12.0 Å². The average Bonchev–Trinajstić information content (AvgIpc) is 2.25. The quantitative estimate of drug-likeness (QED) is 0.498. The second kappa shape index (κ2) is 5.26. The van der Waals surface area contributed by atoms with Gasteiger partial charge in [0.1, 0.15) is 5.75 Å². The van der Waals surface area contributed by atoms with Crippen molar-refractivity contribution in [3.05, 3.63) is 29.3 Å². The van der Waals surface area contributed by atoms with Crippen molar-refractivity contribution in [3.63, 3.8) is 0 Å². The Hall–Kier alpha value is -1.76. The van der Waals surface area contributed by atoms with Gasteiger partial charge in [-0.3, -0.25) is 10.2 Å². The number of carbonyl (C=O) groups excluding carboxylic acids is 1. The van der Waals surface area contributed by atoms with Crippen molar-refractivity contribution in [3.8, 4) is 5.75 Å². The third-order valence-electron chi connectivity index (χ3n) is 2.00. The molecule has 0 radical (unpaired) electrons. The summed E-state index contributed by atoms with van der Waals surface area (Å²) in [6.45, 7) is 3.34. The number of benzene rings is 1. The van der Waals surface area contributed by atoms with Crippen LogP contribution in [0.15, 0.2) is 18.2 Å². The van der Waals surface area contributed by atoms with E-state index in [2.05, 4.69) is 0 Å². The molecule has 18 heavy (non-hydrogen) atoms. The highest BCUT2D eigenvalue weighted by atomic mass is 19.4. The Labute approximate surface area is 102 Å². The molecule has 0 aliphatic heterocycles. The summed E-state index contributed by atoms with van der Waals surface area (Å²) in [6.07, 6.45) is -4.86. The summed E-state index contributed by atoms with van der Waals surface area (Å²) in [4.78, 5) is 11.3. The molecule has 4 nitrogen and oxygen atoms in total. The second-order valence-electron chi connectivity index (χ2n) is 3.88. The fourth-order valence-electron chi connectivity index (χ4n) is 1.32. The van der Waals surface area contributed by atoms with Crippen LogP contribution in [0, 0.1) is 0 Å². The molecule has 0 aliphatic rings. The van der Waals surface area contributed by atoms with E-state index in [1.54, 1.807) is 19.3 Å². The van der Waals surface area contributed by atoms with E-state index in [0.29, 0.717) is 0 Å². The Morgan fingerprint density at radius 1 is 1.33 bits per heavy atom. The van der Waals surface area contributed by atoms with Gasteiger partial charge in [-0.2, -0.15) is 13.2 Å². The standard InChI is InChI=1S/C11H13F3N2O2/c1-6(2)18-9-4-7(10(17)16-15)3-8(5-9)11(12,13)14/h3-6H,15H2,1-2H3,(H,16,17). The Morgan fingerprint density at radius 2 is 1.94 bits per heavy atom. The minimum atomic E-state index is -4.56. The van der Waals surface area contributed by atoms with Crippen LogP contribution in [0.3, 0.4) is 0 Å². The second-order valence-corrected chi connectivity index (χ2v) is 3.88. The molecule has 1 aromatic rings. The van der Waals surface area contributed by atoms with Gasteiger partial charge in [-0.25, -0.2) is 5.84 Å². The lowest BCUT2D eigenvalue weighted by atomic mass is 10.1. The Kier molecular flexibility index (Phi) is 4.18. The number of carbonyl (C=O) groups is 1. The third-order valence-corrected chi connectivity index (χ3v) is 2.00. The zero-order valence-electron chi connectivity index (χ0n) is 9.84. The van der Waals surface area contributed by atoms with Crippen LogP contribution in [0.2, 0.25) is 0 Å². The number of nitrogens with two attached hydrogens (primary N) is 1. The number of rotatable bonds is 3. The van der Waals surface area contributed by atoms with Crippen LogP contribution >= 0.6 is 0 Å². The average molecular weight is 262 g/mol. The van der Waals surface area contributed by atoms with Gasteiger partial charge in [-0.05, 0) is 32.0 Å². The zero-order chi connectivity index (χ0) is 13.9. The van der Waals surface area contributed by atoms with Crippen LogP contribution < -0.4 is 16.0 Å². The molecule has 0 atom stereocenters. The highest BCUT2D eigenvalue weighted by Gasteiger charge is 2.32. The van der Waals surface area contributed by atoms with Crippen molar-refractivity contribution >= 4 is 5.91 Å². The molecule has 0 fully saturated rings. The molecular formula is C11H13F3N2O2. The predicted molar refractivity (Wildman–Crippen MR) is 58.9 cm³/mol. The lowest BCUT2D eigenvalue weighted by Crippen LogP contribution is -2.30. The first-order valence-corrected chi connectivity index (χ1v) is 5.14. The first-order valence-electron chi connectivity index (χ1n) is 5.14. The van der Waals surface area contributed by atoms with Crippen molar-refractivity contribution in [2.45, 2.75) is 26.1 Å². The smallest absolute Gasteiger partial charge is 0.416 e. The number of nitrogens with one attached hydrogen (secondary N) is 1. The van der Waals surface area contributed by atoms with Crippen LogP contribution in [0.1, 0.15) is 29.8 Å². The predicted octanol–water partition coefficient (Wildman–Crippen LogP) is 2.10. The SMILES string of the molecule is CC(C)Oc1cc(C(=O)NN)cc(C(F)(F)F)c1. The number of amides is 1. The molecule has 0 saturated heterocycles.